The molecule has 3 rings (SSSR count). The van der Waals surface area contributed by atoms with Gasteiger partial charge in [-0.25, -0.2) is 17.8 Å². The zero-order valence-corrected chi connectivity index (χ0v) is 19.4. The lowest BCUT2D eigenvalue weighted by Crippen LogP contribution is -2.21. The van der Waals surface area contributed by atoms with Gasteiger partial charge in [0.05, 0.1) is 17.5 Å². The van der Waals surface area contributed by atoms with Crippen molar-refractivity contribution in [2.24, 2.45) is 0 Å². The molecule has 1 amide bonds. The Balaban J connectivity index is 1.80. The number of rotatable bonds is 7. The third-order valence-corrected chi connectivity index (χ3v) is 5.28. The summed E-state index contributed by atoms with van der Waals surface area (Å²) in [5.41, 5.74) is -0.951. The van der Waals surface area contributed by atoms with E-state index in [0.717, 1.165) is 24.5 Å². The van der Waals surface area contributed by atoms with Crippen LogP contribution in [0.2, 0.25) is 0 Å². The first kappa shape index (κ1) is 26.4. The van der Waals surface area contributed by atoms with Crippen LogP contribution in [-0.4, -0.2) is 25.6 Å². The normalized spacial score (nSPS) is 11.8. The molecule has 0 radical (unpaired) electrons. The highest BCUT2D eigenvalue weighted by Gasteiger charge is 2.33. The molecular formula is C24H18F4N4O3S. The van der Waals surface area contributed by atoms with Crippen LogP contribution in [0.5, 0.6) is 0 Å². The molecule has 0 aliphatic rings. The van der Waals surface area contributed by atoms with Gasteiger partial charge in [-0.15, -0.1) is 0 Å². The lowest BCUT2D eigenvalue weighted by molar-refractivity contribution is -0.141. The molecule has 2 aromatic carbocycles. The predicted molar refractivity (Wildman–Crippen MR) is 125 cm³/mol. The molecule has 0 unspecified atom stereocenters. The Labute approximate surface area is 204 Å². The molecule has 7 nitrogen and oxygen atoms in total. The summed E-state index contributed by atoms with van der Waals surface area (Å²) in [4.78, 5) is 16.0. The Hall–Kier alpha value is -4.24. The van der Waals surface area contributed by atoms with Gasteiger partial charge in [0.15, 0.2) is 0 Å². The van der Waals surface area contributed by atoms with Crippen LogP contribution >= 0.6 is 0 Å². The molecule has 0 aliphatic carbocycles. The molecule has 186 valence electrons. The second-order valence-electron chi connectivity index (χ2n) is 7.54. The summed E-state index contributed by atoms with van der Waals surface area (Å²) in [6.07, 6.45) is -1.46. The van der Waals surface area contributed by atoms with Crippen LogP contribution in [0.1, 0.15) is 22.4 Å². The zero-order valence-electron chi connectivity index (χ0n) is 18.6. The Morgan fingerprint density at radius 1 is 1.14 bits per heavy atom. The largest absolute Gasteiger partial charge is 0.433 e. The SMILES string of the molecule is CS(=O)(=O)Nc1c(F)cc(CNC(=O)C=Cc2ccc(C(F)(F)F)nc2-c2ccccc2)cc1C#N. The quantitative estimate of drug-likeness (QED) is 0.354. The molecule has 0 aliphatic heterocycles. The number of carbonyl (C=O) groups excluding carboxylic acids is 1. The van der Waals surface area contributed by atoms with Crippen LogP contribution in [0.4, 0.5) is 23.2 Å². The molecule has 0 saturated carbocycles. The van der Waals surface area contributed by atoms with Gasteiger partial charge in [-0.05, 0) is 29.8 Å². The van der Waals surface area contributed by atoms with Crippen molar-refractivity contribution in [3.8, 4) is 17.3 Å². The minimum atomic E-state index is -4.65. The number of amides is 1. The van der Waals surface area contributed by atoms with Gasteiger partial charge in [0.25, 0.3) is 0 Å². The molecule has 1 heterocycles. The molecule has 0 saturated heterocycles. The number of nitriles is 1. The van der Waals surface area contributed by atoms with Gasteiger partial charge in [0.1, 0.15) is 23.3 Å². The minimum Gasteiger partial charge on any atom is -0.348 e. The number of carbonyl (C=O) groups is 1. The van der Waals surface area contributed by atoms with Gasteiger partial charge >= 0.3 is 6.18 Å². The predicted octanol–water partition coefficient (Wildman–Crippen LogP) is 4.48. The highest BCUT2D eigenvalue weighted by atomic mass is 32.2. The van der Waals surface area contributed by atoms with Crippen LogP contribution in [0.25, 0.3) is 17.3 Å². The lowest BCUT2D eigenvalue weighted by atomic mass is 10.0. The number of hydrogen-bond acceptors (Lipinski definition) is 5. The number of benzene rings is 2. The molecule has 3 aromatic rings. The van der Waals surface area contributed by atoms with Gasteiger partial charge < -0.3 is 5.32 Å². The molecule has 12 heteroatoms. The summed E-state index contributed by atoms with van der Waals surface area (Å²) >= 11 is 0. The molecule has 0 spiro atoms. The zero-order chi connectivity index (χ0) is 26.5. The van der Waals surface area contributed by atoms with Crippen molar-refractivity contribution in [2.75, 3.05) is 11.0 Å². The summed E-state index contributed by atoms with van der Waals surface area (Å²) < 4.78 is 78.5. The summed E-state index contributed by atoms with van der Waals surface area (Å²) in [6, 6.07) is 14.0. The number of nitrogens with zero attached hydrogens (tertiary/aromatic N) is 2. The maximum absolute atomic E-state index is 14.4. The second kappa shape index (κ2) is 10.6. The van der Waals surface area contributed by atoms with Crippen molar-refractivity contribution < 1.29 is 30.8 Å². The van der Waals surface area contributed by atoms with Crippen LogP contribution in [0, 0.1) is 17.1 Å². The average Bonchev–Trinajstić information content (AvgIpc) is 2.82. The van der Waals surface area contributed by atoms with E-state index in [2.05, 4.69) is 10.3 Å². The number of halogens is 4. The summed E-state index contributed by atoms with van der Waals surface area (Å²) in [5.74, 6) is -1.64. The van der Waals surface area contributed by atoms with E-state index in [9.17, 15) is 36.0 Å². The van der Waals surface area contributed by atoms with Gasteiger partial charge in [-0.2, -0.15) is 18.4 Å². The fourth-order valence-electron chi connectivity index (χ4n) is 3.15. The molecule has 2 N–H and O–H groups in total. The highest BCUT2D eigenvalue weighted by Crippen LogP contribution is 2.31. The van der Waals surface area contributed by atoms with Crippen LogP contribution < -0.4 is 10.0 Å². The maximum atomic E-state index is 14.4. The monoisotopic (exact) mass is 518 g/mol. The van der Waals surface area contributed by atoms with E-state index >= 15 is 0 Å². The number of alkyl halides is 3. The molecule has 0 atom stereocenters. The molecular weight excluding hydrogens is 500 g/mol. The number of aromatic nitrogens is 1. The van der Waals surface area contributed by atoms with E-state index in [1.807, 2.05) is 4.72 Å². The maximum Gasteiger partial charge on any atom is 0.433 e. The fourth-order valence-corrected chi connectivity index (χ4v) is 3.72. The number of sulfonamides is 1. The molecule has 0 bridgehead atoms. The highest BCUT2D eigenvalue weighted by molar-refractivity contribution is 7.92. The number of hydrogen-bond donors (Lipinski definition) is 2. The van der Waals surface area contributed by atoms with Crippen molar-refractivity contribution in [1.29, 1.82) is 5.26 Å². The van der Waals surface area contributed by atoms with Gasteiger partial charge in [0, 0.05) is 23.7 Å². The van der Waals surface area contributed by atoms with Crippen molar-refractivity contribution in [1.82, 2.24) is 10.3 Å². The average molecular weight is 518 g/mol. The van der Waals surface area contributed by atoms with Crippen molar-refractivity contribution >= 4 is 27.7 Å². The van der Waals surface area contributed by atoms with Gasteiger partial charge in [-0.3, -0.25) is 9.52 Å². The van der Waals surface area contributed by atoms with Crippen molar-refractivity contribution in [3.63, 3.8) is 0 Å². The third kappa shape index (κ3) is 6.89. The van der Waals surface area contributed by atoms with Crippen LogP contribution in [0.3, 0.4) is 0 Å². The standard InChI is InChI=1S/C24H18F4N4O3S/c1-36(34,35)32-23-18(13-29)11-15(12-19(23)25)14-30-21(33)10-8-17-7-9-20(24(26,27)28)31-22(17)16-5-3-2-4-6-16/h2-12,32H,14H2,1H3,(H,30,33). The second-order valence-corrected chi connectivity index (χ2v) is 9.28. The van der Waals surface area contributed by atoms with E-state index in [1.54, 1.807) is 36.4 Å². The van der Waals surface area contributed by atoms with E-state index in [1.165, 1.54) is 18.2 Å². The molecule has 0 fully saturated rings. The first-order valence-corrected chi connectivity index (χ1v) is 12.1. The van der Waals surface area contributed by atoms with E-state index in [4.69, 9.17) is 0 Å². The van der Waals surface area contributed by atoms with Gasteiger partial charge in [0.2, 0.25) is 15.9 Å². The number of nitrogens with one attached hydrogen (secondary N) is 2. The summed E-state index contributed by atoms with van der Waals surface area (Å²) in [7, 11) is -3.83. The smallest absolute Gasteiger partial charge is 0.348 e. The van der Waals surface area contributed by atoms with Crippen LogP contribution in [0.15, 0.2) is 60.7 Å². The summed E-state index contributed by atoms with van der Waals surface area (Å²) in [5, 5.41) is 11.7. The number of pyridine rings is 1. The Bertz CT molecular complexity index is 1470. The lowest BCUT2D eigenvalue weighted by Gasteiger charge is -2.11. The Kier molecular flexibility index (Phi) is 7.74. The van der Waals surface area contributed by atoms with E-state index < -0.39 is 39.3 Å². The first-order valence-electron chi connectivity index (χ1n) is 10.2. The van der Waals surface area contributed by atoms with Crippen molar-refractivity contribution in [2.45, 2.75) is 12.7 Å². The third-order valence-electron chi connectivity index (χ3n) is 4.70. The fraction of sp³-hybridized carbons (Fsp3) is 0.125. The Morgan fingerprint density at radius 3 is 2.44 bits per heavy atom. The molecule has 36 heavy (non-hydrogen) atoms. The first-order chi connectivity index (χ1) is 16.9. The minimum absolute atomic E-state index is 0.0316. The Morgan fingerprint density at radius 2 is 1.83 bits per heavy atom. The van der Waals surface area contributed by atoms with Gasteiger partial charge in [-0.1, -0.05) is 36.4 Å². The summed E-state index contributed by atoms with van der Waals surface area (Å²) in [6.45, 7) is -0.204. The van der Waals surface area contributed by atoms with E-state index in [-0.39, 0.29) is 28.9 Å². The van der Waals surface area contributed by atoms with E-state index in [0.29, 0.717) is 5.56 Å². The van der Waals surface area contributed by atoms with Crippen molar-refractivity contribution in [3.05, 3.63) is 88.9 Å². The molecule has 1 aromatic heterocycles. The van der Waals surface area contributed by atoms with Crippen LogP contribution in [-0.2, 0) is 27.5 Å². The number of anilines is 1. The topological polar surface area (TPSA) is 112 Å².